The summed E-state index contributed by atoms with van der Waals surface area (Å²) in [6, 6.07) is 16.7. The molecule has 8 heteroatoms. The van der Waals surface area contributed by atoms with Crippen molar-refractivity contribution in [3.05, 3.63) is 78.4 Å². The van der Waals surface area contributed by atoms with Crippen molar-refractivity contribution in [1.82, 2.24) is 10.6 Å². The van der Waals surface area contributed by atoms with Crippen LogP contribution in [-0.2, 0) is 20.7 Å². The third-order valence-corrected chi connectivity index (χ3v) is 4.56. The molecule has 168 valence electrons. The van der Waals surface area contributed by atoms with E-state index in [0.29, 0.717) is 24.4 Å². The van der Waals surface area contributed by atoms with Gasteiger partial charge in [-0.1, -0.05) is 48.5 Å². The minimum atomic E-state index is -0.434. The maximum Gasteiger partial charge on any atom is 0.306 e. The second-order valence-corrected chi connectivity index (χ2v) is 7.26. The fourth-order valence-electron chi connectivity index (χ4n) is 2.79. The predicted octanol–water partition coefficient (Wildman–Crippen LogP) is 3.37. The van der Waals surface area contributed by atoms with Gasteiger partial charge in [0.1, 0.15) is 0 Å². The Morgan fingerprint density at radius 3 is 2.47 bits per heavy atom. The third kappa shape index (κ3) is 9.09. The van der Waals surface area contributed by atoms with Crippen molar-refractivity contribution in [2.24, 2.45) is 0 Å². The normalized spacial score (nSPS) is 10.0. The van der Waals surface area contributed by atoms with Crippen LogP contribution in [0.25, 0.3) is 0 Å². The maximum absolute atomic E-state index is 12.2. The van der Waals surface area contributed by atoms with Crippen LogP contribution in [0.5, 0.6) is 0 Å². The number of hydrogen-bond donors (Lipinski definition) is 3. The van der Waals surface area contributed by atoms with Gasteiger partial charge in [0, 0.05) is 13.0 Å². The first kappa shape index (κ1) is 24.7. The number of anilines is 1. The molecule has 2 rings (SSSR count). The first-order chi connectivity index (χ1) is 15.5. The van der Waals surface area contributed by atoms with Crippen LogP contribution in [0.4, 0.5) is 5.69 Å². The van der Waals surface area contributed by atoms with E-state index >= 15 is 0 Å². The van der Waals surface area contributed by atoms with Crippen molar-refractivity contribution in [1.29, 1.82) is 0 Å². The van der Waals surface area contributed by atoms with E-state index in [9.17, 15) is 14.4 Å². The average molecular weight is 454 g/mol. The van der Waals surface area contributed by atoms with Gasteiger partial charge < -0.3 is 20.7 Å². The lowest BCUT2D eigenvalue weighted by atomic mass is 10.1. The van der Waals surface area contributed by atoms with E-state index in [4.69, 9.17) is 17.0 Å². The van der Waals surface area contributed by atoms with Crippen molar-refractivity contribution < 1.29 is 19.1 Å². The first-order valence-electron chi connectivity index (χ1n) is 10.3. The molecule has 0 fully saturated rings. The molecule has 0 unspecified atom stereocenters. The van der Waals surface area contributed by atoms with E-state index in [-0.39, 0.29) is 23.9 Å². The Labute approximate surface area is 193 Å². The lowest BCUT2D eigenvalue weighted by Gasteiger charge is -2.13. The lowest BCUT2D eigenvalue weighted by molar-refractivity contribution is -0.145. The molecule has 2 amide bonds. The number of benzene rings is 2. The molecule has 0 bridgehead atoms. The Morgan fingerprint density at radius 1 is 1.00 bits per heavy atom. The topological polar surface area (TPSA) is 96.5 Å². The number of amides is 2. The Hall–Kier alpha value is -3.52. The highest BCUT2D eigenvalue weighted by Crippen LogP contribution is 2.14. The number of carbonyl (C=O) groups excluding carboxylic acids is 3. The van der Waals surface area contributed by atoms with Gasteiger partial charge in [0.05, 0.1) is 24.3 Å². The molecule has 2 aromatic carbocycles. The lowest BCUT2D eigenvalue weighted by Crippen LogP contribution is -2.35. The molecule has 0 spiro atoms. The molecular formula is C24H27N3O4S. The summed E-state index contributed by atoms with van der Waals surface area (Å²) in [5, 5.41) is 8.07. The van der Waals surface area contributed by atoms with E-state index < -0.39 is 11.9 Å². The Kier molecular flexibility index (Phi) is 10.6. The van der Waals surface area contributed by atoms with E-state index in [2.05, 4.69) is 22.5 Å². The predicted molar refractivity (Wildman–Crippen MR) is 128 cm³/mol. The summed E-state index contributed by atoms with van der Waals surface area (Å²) in [5.74, 6) is -1.15. The molecule has 0 aromatic heterocycles. The molecule has 2 aromatic rings. The minimum Gasteiger partial charge on any atom is -0.466 e. The van der Waals surface area contributed by atoms with Crippen molar-refractivity contribution in [3.8, 4) is 0 Å². The zero-order valence-electron chi connectivity index (χ0n) is 17.8. The third-order valence-electron chi connectivity index (χ3n) is 4.35. The molecule has 0 saturated carbocycles. The second kappa shape index (κ2) is 13.7. The van der Waals surface area contributed by atoms with Crippen molar-refractivity contribution >= 4 is 40.8 Å². The van der Waals surface area contributed by atoms with Crippen LogP contribution < -0.4 is 16.0 Å². The summed E-state index contributed by atoms with van der Waals surface area (Å²) in [6.07, 6.45) is 3.02. The summed E-state index contributed by atoms with van der Waals surface area (Å²) in [6.45, 7) is 4.20. The van der Waals surface area contributed by atoms with Gasteiger partial charge in [-0.3, -0.25) is 14.4 Å². The Morgan fingerprint density at radius 2 is 1.72 bits per heavy atom. The highest BCUT2D eigenvalue weighted by Gasteiger charge is 2.13. The molecule has 0 aliphatic rings. The molecular weight excluding hydrogens is 426 g/mol. The van der Waals surface area contributed by atoms with E-state index in [1.54, 1.807) is 30.3 Å². The number of rotatable bonds is 11. The molecule has 3 N–H and O–H groups in total. The van der Waals surface area contributed by atoms with Gasteiger partial charge in [-0.2, -0.15) is 0 Å². The fraction of sp³-hybridized carbons (Fsp3) is 0.250. The fourth-order valence-corrected chi connectivity index (χ4v) is 3.01. The highest BCUT2D eigenvalue weighted by molar-refractivity contribution is 7.80. The summed E-state index contributed by atoms with van der Waals surface area (Å²) >= 11 is 5.15. The quantitative estimate of drug-likeness (QED) is 0.209. The number of esters is 1. The summed E-state index contributed by atoms with van der Waals surface area (Å²) < 4.78 is 5.17. The van der Waals surface area contributed by atoms with Crippen molar-refractivity contribution in [3.63, 3.8) is 0 Å². The van der Waals surface area contributed by atoms with Gasteiger partial charge in [0.15, 0.2) is 5.11 Å². The first-order valence-corrected chi connectivity index (χ1v) is 10.7. The molecule has 0 aliphatic carbocycles. The molecule has 0 radical (unpaired) electrons. The van der Waals surface area contributed by atoms with E-state index in [1.165, 1.54) is 5.56 Å². The van der Waals surface area contributed by atoms with Crippen LogP contribution >= 0.6 is 12.2 Å². The van der Waals surface area contributed by atoms with Gasteiger partial charge in [-0.15, -0.1) is 6.58 Å². The van der Waals surface area contributed by atoms with E-state index in [0.717, 1.165) is 12.8 Å². The van der Waals surface area contributed by atoms with Gasteiger partial charge in [0.2, 0.25) is 5.91 Å². The van der Waals surface area contributed by atoms with Gasteiger partial charge in [-0.25, -0.2) is 0 Å². The van der Waals surface area contributed by atoms with Crippen LogP contribution in [0.3, 0.4) is 0 Å². The SMILES string of the molecule is C=CCNC(=O)c1ccccc1NC(=S)NC(=O)CCC(=O)OCCCc1ccccc1. The van der Waals surface area contributed by atoms with Gasteiger partial charge in [-0.05, 0) is 42.8 Å². The minimum absolute atomic E-state index is 0.0372. The van der Waals surface area contributed by atoms with Crippen LogP contribution in [0.15, 0.2) is 67.3 Å². The van der Waals surface area contributed by atoms with Crippen molar-refractivity contribution in [2.75, 3.05) is 18.5 Å². The largest absolute Gasteiger partial charge is 0.466 e. The summed E-state index contributed by atoms with van der Waals surface area (Å²) in [5.41, 5.74) is 2.02. The zero-order chi connectivity index (χ0) is 23.2. The van der Waals surface area contributed by atoms with Crippen LogP contribution in [0, 0.1) is 0 Å². The maximum atomic E-state index is 12.2. The monoisotopic (exact) mass is 453 g/mol. The molecule has 32 heavy (non-hydrogen) atoms. The molecule has 7 nitrogen and oxygen atoms in total. The summed E-state index contributed by atoms with van der Waals surface area (Å²) in [7, 11) is 0. The zero-order valence-corrected chi connectivity index (χ0v) is 18.6. The highest BCUT2D eigenvalue weighted by atomic mass is 32.1. The number of hydrogen-bond acceptors (Lipinski definition) is 5. The number of thiocarbonyl (C=S) groups is 1. The average Bonchev–Trinajstić information content (AvgIpc) is 2.80. The Bertz CT molecular complexity index is 947. The number of para-hydroxylation sites is 1. The number of carbonyl (C=O) groups is 3. The van der Waals surface area contributed by atoms with Gasteiger partial charge >= 0.3 is 5.97 Å². The molecule has 0 heterocycles. The second-order valence-electron chi connectivity index (χ2n) is 6.86. The number of aryl methyl sites for hydroxylation is 1. The van der Waals surface area contributed by atoms with E-state index in [1.807, 2.05) is 30.3 Å². The van der Waals surface area contributed by atoms with Crippen LogP contribution in [0.2, 0.25) is 0 Å². The van der Waals surface area contributed by atoms with Crippen LogP contribution in [-0.4, -0.2) is 36.0 Å². The number of nitrogens with one attached hydrogen (secondary N) is 3. The van der Waals surface area contributed by atoms with Gasteiger partial charge in [0.25, 0.3) is 5.91 Å². The smallest absolute Gasteiger partial charge is 0.306 e. The standard InChI is InChI=1S/C24H27N3O4S/c1-2-16-25-23(30)19-12-6-7-13-20(19)26-24(32)27-21(28)14-15-22(29)31-17-8-11-18-9-4-3-5-10-18/h2-7,9-10,12-13H,1,8,11,14-17H2,(H,25,30)(H2,26,27,28,32). The van der Waals surface area contributed by atoms with Crippen molar-refractivity contribution in [2.45, 2.75) is 25.7 Å². The Balaban J connectivity index is 1.69. The molecule has 0 atom stereocenters. The molecule has 0 aliphatic heterocycles. The van der Waals surface area contributed by atoms with Crippen LogP contribution in [0.1, 0.15) is 35.2 Å². The number of ether oxygens (including phenoxy) is 1. The summed E-state index contributed by atoms with van der Waals surface area (Å²) in [4.78, 5) is 36.1. The molecule has 0 saturated heterocycles.